The third-order valence-electron chi connectivity index (χ3n) is 4.88. The van der Waals surface area contributed by atoms with Gasteiger partial charge in [0, 0.05) is 0 Å². The highest BCUT2D eigenvalue weighted by molar-refractivity contribution is 7.75. The maximum Gasteiger partial charge on any atom is 0.165 e. The monoisotopic (exact) mass is 371 g/mol. The lowest BCUT2D eigenvalue weighted by molar-refractivity contribution is 0.699. The predicted molar refractivity (Wildman–Crippen MR) is 116 cm³/mol. The van der Waals surface area contributed by atoms with Gasteiger partial charge in [-0.2, -0.15) is 0 Å². The van der Waals surface area contributed by atoms with E-state index >= 15 is 0 Å². The molecule has 0 spiro atoms. The Hall–Kier alpha value is -0.630. The van der Waals surface area contributed by atoms with E-state index in [1.54, 1.807) is 24.6 Å². The maximum absolute atomic E-state index is 5.07. The Morgan fingerprint density at radius 2 is 1.24 bits per heavy atom. The fourth-order valence-electron chi connectivity index (χ4n) is 3.24. The van der Waals surface area contributed by atoms with Crippen LogP contribution in [-0.2, 0) is 0 Å². The van der Waals surface area contributed by atoms with Crippen LogP contribution in [0.3, 0.4) is 0 Å². The summed E-state index contributed by atoms with van der Waals surface area (Å²) in [5.74, 6) is 0.426. The Morgan fingerprint density at radius 1 is 0.760 bits per heavy atom. The molecule has 5 heteroatoms. The lowest BCUT2D eigenvalue weighted by Gasteiger charge is -2.37. The third kappa shape index (κ3) is 13.3. The number of nitrogen functional groups attached to an aromatic ring is 1. The average Bonchev–Trinajstić information content (AvgIpc) is 3.11. The van der Waals surface area contributed by atoms with Gasteiger partial charge >= 0.3 is 0 Å². The molecule has 0 aliphatic carbocycles. The maximum atomic E-state index is 5.07. The molecule has 0 atom stereocenters. The molecule has 0 aliphatic heterocycles. The van der Waals surface area contributed by atoms with E-state index in [1.165, 1.54) is 70.4 Å². The van der Waals surface area contributed by atoms with Gasteiger partial charge in [-0.25, -0.2) is 0 Å². The van der Waals surface area contributed by atoms with Crippen molar-refractivity contribution in [2.24, 2.45) is 0 Å². The Morgan fingerprint density at radius 3 is 1.56 bits per heavy atom. The minimum absolute atomic E-state index is 0.426. The average molecular weight is 372 g/mol. The molecular formula is C20H44N4P. The summed E-state index contributed by atoms with van der Waals surface area (Å²) >= 11 is 0. The van der Waals surface area contributed by atoms with Crippen LogP contribution in [0.25, 0.3) is 0 Å². The van der Waals surface area contributed by atoms with E-state index in [9.17, 15) is 0 Å². The number of hydrogen-bond acceptors (Lipinski definition) is 3. The highest BCUT2D eigenvalue weighted by Crippen LogP contribution is 2.61. The molecule has 0 amide bonds. The van der Waals surface area contributed by atoms with Gasteiger partial charge in [-0.3, -0.25) is 5.10 Å². The van der Waals surface area contributed by atoms with Crippen LogP contribution in [0.4, 0.5) is 5.82 Å². The fraction of sp³-hybridized carbons (Fsp3) is 0.900. The van der Waals surface area contributed by atoms with Crippen LogP contribution in [0, 0.1) is 0 Å². The summed E-state index contributed by atoms with van der Waals surface area (Å²) in [7, 11) is -0.586. The summed E-state index contributed by atoms with van der Waals surface area (Å²) < 4.78 is 0. The molecule has 0 aromatic carbocycles. The number of anilines is 1. The Kier molecular flexibility index (Phi) is 16.4. The van der Waals surface area contributed by atoms with E-state index in [1.807, 2.05) is 0 Å². The molecule has 0 aliphatic rings. The second kappa shape index (κ2) is 16.8. The summed E-state index contributed by atoms with van der Waals surface area (Å²) in [6.45, 7) is 9.43. The van der Waals surface area contributed by atoms with E-state index in [0.29, 0.717) is 5.82 Å². The fourth-order valence-corrected chi connectivity index (χ4v) is 8.43. The van der Waals surface area contributed by atoms with Crippen LogP contribution >= 0.6 is 7.26 Å². The predicted octanol–water partition coefficient (Wildman–Crippen LogP) is 6.37. The zero-order valence-corrected chi connectivity index (χ0v) is 18.3. The summed E-state index contributed by atoms with van der Waals surface area (Å²) in [6.07, 6.45) is 22.5. The number of hydrogen-bond donors (Lipinski definition) is 2. The highest BCUT2D eigenvalue weighted by Gasteiger charge is 2.24. The Balaban J connectivity index is 0.000000796. The summed E-state index contributed by atoms with van der Waals surface area (Å²) in [5.41, 5.74) is 5.07. The van der Waals surface area contributed by atoms with Gasteiger partial charge < -0.3 is 5.73 Å². The normalized spacial score (nSPS) is 11.2. The van der Waals surface area contributed by atoms with Crippen molar-refractivity contribution >= 4 is 13.1 Å². The van der Waals surface area contributed by atoms with E-state index in [-0.39, 0.29) is 0 Å². The van der Waals surface area contributed by atoms with E-state index in [0.717, 1.165) is 0 Å². The molecule has 3 N–H and O–H groups in total. The van der Waals surface area contributed by atoms with Crippen molar-refractivity contribution in [2.45, 2.75) is 91.9 Å². The number of H-pyrrole nitrogens is 1. The lowest BCUT2D eigenvalue weighted by atomic mass is 10.2. The van der Waals surface area contributed by atoms with Crippen molar-refractivity contribution in [1.82, 2.24) is 15.4 Å². The molecule has 1 heterocycles. The van der Waals surface area contributed by atoms with Crippen molar-refractivity contribution < 1.29 is 0 Å². The molecule has 0 fully saturated rings. The molecule has 0 bridgehead atoms. The van der Waals surface area contributed by atoms with Gasteiger partial charge in [0.25, 0.3) is 0 Å². The molecule has 1 aromatic rings. The zero-order chi connectivity index (χ0) is 18.8. The Bertz CT molecular complexity index is 346. The van der Waals surface area contributed by atoms with E-state index in [4.69, 9.17) is 5.73 Å². The van der Waals surface area contributed by atoms with Gasteiger partial charge in [-0.15, -0.1) is 12.4 Å². The molecule has 0 saturated heterocycles. The molecule has 4 nitrogen and oxygen atoms in total. The lowest BCUT2D eigenvalue weighted by Crippen LogP contribution is -2.12. The van der Waals surface area contributed by atoms with Crippen LogP contribution in [0.1, 0.15) is 91.9 Å². The standard InChI is InChI=1S/C18H40P.C2H4N4/c1-5-9-13-14-18-19(15-10-6-2,16-11-7-3)17-12-8-4;3-2-1-4-6-5-2/h5-18H2,1-4H3;1H,(H3,3,4,5,6). The molecule has 1 radical (unpaired) electrons. The topological polar surface area (TPSA) is 67.6 Å². The van der Waals surface area contributed by atoms with E-state index < -0.39 is 7.26 Å². The smallest absolute Gasteiger partial charge is 0.165 e. The second-order valence-electron chi connectivity index (χ2n) is 7.26. The first kappa shape index (κ1) is 24.4. The van der Waals surface area contributed by atoms with Crippen molar-refractivity contribution in [3.63, 3.8) is 0 Å². The molecule has 0 saturated carbocycles. The van der Waals surface area contributed by atoms with E-state index in [2.05, 4.69) is 43.1 Å². The minimum Gasteiger partial charge on any atom is -0.381 e. The summed E-state index contributed by atoms with van der Waals surface area (Å²) in [5, 5.41) is 9.15. The molecule has 1 aromatic heterocycles. The number of nitrogens with one attached hydrogen (secondary N) is 1. The molecular weight excluding hydrogens is 327 g/mol. The first-order chi connectivity index (χ1) is 12.1. The first-order valence-electron chi connectivity index (χ1n) is 10.6. The van der Waals surface area contributed by atoms with Crippen LogP contribution in [-0.4, -0.2) is 40.1 Å². The molecule has 149 valence electrons. The van der Waals surface area contributed by atoms with Crippen molar-refractivity contribution in [2.75, 3.05) is 30.4 Å². The number of aromatic nitrogens is 3. The van der Waals surface area contributed by atoms with Gasteiger partial charge in [0.15, 0.2) is 5.82 Å². The highest BCUT2D eigenvalue weighted by atomic mass is 31.2. The van der Waals surface area contributed by atoms with Crippen LogP contribution in [0.5, 0.6) is 0 Å². The largest absolute Gasteiger partial charge is 0.381 e. The van der Waals surface area contributed by atoms with Gasteiger partial charge in [-0.05, 0) is 50.3 Å². The van der Waals surface area contributed by atoms with Gasteiger partial charge in [0.2, 0.25) is 0 Å². The van der Waals surface area contributed by atoms with Crippen LogP contribution in [0.15, 0.2) is 6.20 Å². The number of nitrogens with two attached hydrogens (primary N) is 1. The number of aromatic amines is 1. The molecule has 25 heavy (non-hydrogen) atoms. The van der Waals surface area contributed by atoms with Gasteiger partial charge in [0.1, 0.15) is 0 Å². The van der Waals surface area contributed by atoms with Crippen LogP contribution in [0.2, 0.25) is 0 Å². The van der Waals surface area contributed by atoms with Crippen molar-refractivity contribution in [3.8, 4) is 0 Å². The van der Waals surface area contributed by atoms with Gasteiger partial charge in [0.05, 0.1) is 6.20 Å². The SMILES string of the molecule is CCCCCC[P](CCCC)(CCCC)CCCC.Nc1c[nH]nn1. The second-order valence-corrected chi connectivity index (χ2v) is 11.7. The number of unbranched alkanes of at least 4 members (excludes halogenated alkanes) is 6. The summed E-state index contributed by atoms with van der Waals surface area (Å²) in [6, 6.07) is 0. The summed E-state index contributed by atoms with van der Waals surface area (Å²) in [4.78, 5) is 0. The van der Waals surface area contributed by atoms with Crippen molar-refractivity contribution in [3.05, 3.63) is 6.20 Å². The van der Waals surface area contributed by atoms with Gasteiger partial charge in [-0.1, -0.05) is 71.4 Å². The molecule has 0 unspecified atom stereocenters. The quantitative estimate of drug-likeness (QED) is 0.295. The zero-order valence-electron chi connectivity index (χ0n) is 17.4. The first-order valence-corrected chi connectivity index (χ1v) is 13.1. The number of nitrogens with zero attached hydrogens (tertiary/aromatic N) is 2. The number of rotatable bonds is 14. The third-order valence-corrected chi connectivity index (χ3v) is 9.94. The van der Waals surface area contributed by atoms with Crippen molar-refractivity contribution in [1.29, 1.82) is 0 Å². The molecule has 1 rings (SSSR count). The Labute approximate surface area is 157 Å². The minimum atomic E-state index is -0.586. The van der Waals surface area contributed by atoms with Crippen LogP contribution < -0.4 is 5.73 Å².